The van der Waals surface area contributed by atoms with Gasteiger partial charge in [-0.1, -0.05) is 30.3 Å². The summed E-state index contributed by atoms with van der Waals surface area (Å²) in [5.74, 6) is 1.76. The van der Waals surface area contributed by atoms with E-state index >= 15 is 0 Å². The molecule has 0 N–H and O–H groups in total. The van der Waals surface area contributed by atoms with Crippen molar-refractivity contribution in [3.8, 4) is 11.5 Å². The number of methoxy groups -OCH3 is 2. The van der Waals surface area contributed by atoms with Crippen molar-refractivity contribution in [1.29, 1.82) is 0 Å². The molecule has 1 atom stereocenters. The van der Waals surface area contributed by atoms with Gasteiger partial charge in [-0.3, -0.25) is 4.79 Å². The van der Waals surface area contributed by atoms with Crippen LogP contribution in [0.2, 0.25) is 0 Å². The smallest absolute Gasteiger partial charge is 0.227 e. The summed E-state index contributed by atoms with van der Waals surface area (Å²) in [6.07, 6.45) is 2.41. The van der Waals surface area contributed by atoms with Crippen LogP contribution < -0.4 is 9.47 Å². The van der Waals surface area contributed by atoms with Crippen LogP contribution in [0.15, 0.2) is 48.5 Å². The molecule has 0 bridgehead atoms. The van der Waals surface area contributed by atoms with Crippen molar-refractivity contribution in [1.82, 2.24) is 4.90 Å². The van der Waals surface area contributed by atoms with E-state index in [4.69, 9.17) is 9.47 Å². The van der Waals surface area contributed by atoms with E-state index in [9.17, 15) is 4.79 Å². The van der Waals surface area contributed by atoms with E-state index in [1.165, 1.54) is 5.56 Å². The van der Waals surface area contributed by atoms with Crippen LogP contribution in [0.1, 0.15) is 30.0 Å². The largest absolute Gasteiger partial charge is 0.497 e. The topological polar surface area (TPSA) is 38.8 Å². The first-order valence-corrected chi connectivity index (χ1v) is 8.28. The lowest BCUT2D eigenvalue weighted by Gasteiger charge is -2.25. The van der Waals surface area contributed by atoms with Gasteiger partial charge >= 0.3 is 0 Å². The van der Waals surface area contributed by atoms with Gasteiger partial charge in [0.2, 0.25) is 5.91 Å². The van der Waals surface area contributed by atoms with Crippen molar-refractivity contribution < 1.29 is 14.3 Å². The third-order valence-electron chi connectivity index (χ3n) is 4.61. The highest BCUT2D eigenvalue weighted by molar-refractivity contribution is 5.80. The lowest BCUT2D eigenvalue weighted by atomic mass is 10.0. The van der Waals surface area contributed by atoms with Gasteiger partial charge in [0.1, 0.15) is 11.5 Å². The Balaban J connectivity index is 1.75. The summed E-state index contributed by atoms with van der Waals surface area (Å²) in [5, 5.41) is 0. The molecule has 3 rings (SSSR count). The molecule has 1 aliphatic rings. The zero-order chi connectivity index (χ0) is 16.9. The molecule has 24 heavy (non-hydrogen) atoms. The van der Waals surface area contributed by atoms with E-state index in [1.807, 2.05) is 41.3 Å². The van der Waals surface area contributed by atoms with Crippen molar-refractivity contribution >= 4 is 5.91 Å². The second kappa shape index (κ2) is 7.39. The van der Waals surface area contributed by atoms with Crippen LogP contribution in [0.25, 0.3) is 0 Å². The third kappa shape index (κ3) is 3.37. The Morgan fingerprint density at radius 1 is 1.08 bits per heavy atom. The van der Waals surface area contributed by atoms with Crippen LogP contribution in [0, 0.1) is 0 Å². The van der Waals surface area contributed by atoms with Gasteiger partial charge in [0.05, 0.1) is 26.7 Å². The van der Waals surface area contributed by atoms with Crippen molar-refractivity contribution in [3.63, 3.8) is 0 Å². The van der Waals surface area contributed by atoms with Gasteiger partial charge < -0.3 is 14.4 Å². The summed E-state index contributed by atoms with van der Waals surface area (Å²) in [7, 11) is 3.30. The van der Waals surface area contributed by atoms with Gasteiger partial charge in [0.25, 0.3) is 0 Å². The van der Waals surface area contributed by atoms with Crippen LogP contribution in [-0.4, -0.2) is 31.6 Å². The average Bonchev–Trinajstić information content (AvgIpc) is 3.12. The molecule has 0 aliphatic carbocycles. The summed E-state index contributed by atoms with van der Waals surface area (Å²) in [4.78, 5) is 14.8. The molecule has 1 amide bonds. The summed E-state index contributed by atoms with van der Waals surface area (Å²) >= 11 is 0. The number of benzene rings is 2. The van der Waals surface area contributed by atoms with Gasteiger partial charge in [0, 0.05) is 12.1 Å². The molecule has 0 saturated carbocycles. The van der Waals surface area contributed by atoms with Crippen LogP contribution in [0.5, 0.6) is 11.5 Å². The number of rotatable bonds is 5. The van der Waals surface area contributed by atoms with E-state index in [2.05, 4.69) is 12.1 Å². The molecule has 1 saturated heterocycles. The predicted octanol–water partition coefficient (Wildman–Crippen LogP) is 3.61. The molecule has 0 spiro atoms. The number of hydrogen-bond acceptors (Lipinski definition) is 3. The highest BCUT2D eigenvalue weighted by Crippen LogP contribution is 2.33. The van der Waals surface area contributed by atoms with Gasteiger partial charge in [0.15, 0.2) is 0 Å². The predicted molar refractivity (Wildman–Crippen MR) is 93.4 cm³/mol. The molecule has 4 nitrogen and oxygen atoms in total. The van der Waals surface area contributed by atoms with Crippen LogP contribution >= 0.6 is 0 Å². The highest BCUT2D eigenvalue weighted by Gasteiger charge is 2.30. The molecule has 0 aromatic heterocycles. The van der Waals surface area contributed by atoms with Crippen molar-refractivity contribution in [2.24, 2.45) is 0 Å². The maximum Gasteiger partial charge on any atom is 0.227 e. The quantitative estimate of drug-likeness (QED) is 0.843. The van der Waals surface area contributed by atoms with Crippen LogP contribution in [0.3, 0.4) is 0 Å². The lowest BCUT2D eigenvalue weighted by Crippen LogP contribution is -2.31. The minimum Gasteiger partial charge on any atom is -0.497 e. The van der Waals surface area contributed by atoms with Crippen LogP contribution in [0.4, 0.5) is 0 Å². The molecule has 1 fully saturated rings. The number of amides is 1. The molecule has 4 heteroatoms. The Bertz CT molecular complexity index is 696. The third-order valence-corrected chi connectivity index (χ3v) is 4.61. The molecule has 1 unspecified atom stereocenters. The Hall–Kier alpha value is -2.49. The Labute approximate surface area is 143 Å². The first-order valence-electron chi connectivity index (χ1n) is 8.28. The first kappa shape index (κ1) is 16.4. The minimum absolute atomic E-state index is 0.151. The Kier molecular flexibility index (Phi) is 5.04. The number of carbonyl (C=O) groups is 1. The van der Waals surface area contributed by atoms with Gasteiger partial charge in [-0.05, 0) is 36.6 Å². The summed E-state index contributed by atoms with van der Waals surface area (Å²) in [5.41, 5.74) is 2.10. The molecular formula is C20H23NO3. The Morgan fingerprint density at radius 2 is 1.83 bits per heavy atom. The molecular weight excluding hydrogens is 302 g/mol. The minimum atomic E-state index is 0.151. The van der Waals surface area contributed by atoms with E-state index in [1.54, 1.807) is 14.2 Å². The first-order chi connectivity index (χ1) is 11.7. The van der Waals surface area contributed by atoms with Gasteiger partial charge in [-0.15, -0.1) is 0 Å². The fourth-order valence-electron chi connectivity index (χ4n) is 3.35. The molecule has 0 radical (unpaired) electrons. The second-order valence-electron chi connectivity index (χ2n) is 6.01. The Morgan fingerprint density at radius 3 is 2.54 bits per heavy atom. The van der Waals surface area contributed by atoms with E-state index in [0.717, 1.165) is 36.4 Å². The van der Waals surface area contributed by atoms with E-state index in [-0.39, 0.29) is 11.9 Å². The fraction of sp³-hybridized carbons (Fsp3) is 0.350. The van der Waals surface area contributed by atoms with Crippen molar-refractivity contribution in [2.75, 3.05) is 20.8 Å². The number of carbonyl (C=O) groups excluding carboxylic acids is 1. The van der Waals surface area contributed by atoms with Crippen LogP contribution in [-0.2, 0) is 11.2 Å². The number of nitrogens with zero attached hydrogens (tertiary/aromatic N) is 1. The number of para-hydroxylation sites is 1. The average molecular weight is 325 g/mol. The monoisotopic (exact) mass is 325 g/mol. The second-order valence-corrected chi connectivity index (χ2v) is 6.01. The molecule has 2 aromatic carbocycles. The maximum atomic E-state index is 12.8. The van der Waals surface area contributed by atoms with E-state index in [0.29, 0.717) is 6.42 Å². The van der Waals surface area contributed by atoms with Gasteiger partial charge in [-0.2, -0.15) is 0 Å². The van der Waals surface area contributed by atoms with Crippen molar-refractivity contribution in [2.45, 2.75) is 25.3 Å². The maximum absolute atomic E-state index is 12.8. The van der Waals surface area contributed by atoms with Crippen molar-refractivity contribution in [3.05, 3.63) is 59.7 Å². The summed E-state index contributed by atoms with van der Waals surface area (Å²) in [6, 6.07) is 15.9. The zero-order valence-corrected chi connectivity index (χ0v) is 14.2. The lowest BCUT2D eigenvalue weighted by molar-refractivity contribution is -0.131. The number of ether oxygens (including phenoxy) is 2. The number of hydrogen-bond donors (Lipinski definition) is 0. The highest BCUT2D eigenvalue weighted by atomic mass is 16.5. The molecule has 1 heterocycles. The number of likely N-dealkylation sites (tertiary alicyclic amines) is 1. The summed E-state index contributed by atoms with van der Waals surface area (Å²) < 4.78 is 10.6. The standard InChI is InChI=1S/C20H23NO3/c1-23-17-11-9-15(10-12-17)18-7-5-13-21(18)20(22)14-16-6-3-4-8-19(16)24-2/h3-4,6,8-12,18H,5,7,13-14H2,1-2H3. The normalized spacial score (nSPS) is 16.9. The van der Waals surface area contributed by atoms with E-state index < -0.39 is 0 Å². The van der Waals surface area contributed by atoms with Gasteiger partial charge in [-0.25, -0.2) is 0 Å². The summed E-state index contributed by atoms with van der Waals surface area (Å²) in [6.45, 7) is 0.810. The molecule has 126 valence electrons. The zero-order valence-electron chi connectivity index (χ0n) is 14.2. The fourth-order valence-corrected chi connectivity index (χ4v) is 3.35. The molecule has 2 aromatic rings. The SMILES string of the molecule is COc1ccc(C2CCCN2C(=O)Cc2ccccc2OC)cc1. The molecule has 1 aliphatic heterocycles.